The Labute approximate surface area is 122 Å². The molecular weight excluding hydrogens is 274 g/mol. The van der Waals surface area contributed by atoms with Crippen molar-refractivity contribution in [3.05, 3.63) is 35.9 Å². The van der Waals surface area contributed by atoms with Crippen LogP contribution in [0.4, 0.5) is 4.79 Å². The molecule has 1 fully saturated rings. The number of amides is 1. The number of carbonyl (C=O) groups is 3. The number of hydrogen-bond acceptors (Lipinski definition) is 5. The quantitative estimate of drug-likeness (QED) is 0.774. The van der Waals surface area contributed by atoms with Crippen LogP contribution in [0.3, 0.4) is 0 Å². The molecule has 21 heavy (non-hydrogen) atoms. The first-order valence-electron chi connectivity index (χ1n) is 6.71. The van der Waals surface area contributed by atoms with Crippen LogP contribution >= 0.6 is 0 Å². The molecule has 1 atom stereocenters. The molecule has 2 rings (SSSR count). The van der Waals surface area contributed by atoms with Crippen molar-refractivity contribution in [2.24, 2.45) is 0 Å². The fraction of sp³-hybridized carbons (Fsp3) is 0.400. The van der Waals surface area contributed by atoms with E-state index in [0.717, 1.165) is 5.56 Å². The highest BCUT2D eigenvalue weighted by molar-refractivity contribution is 5.84. The van der Waals surface area contributed by atoms with Crippen molar-refractivity contribution >= 4 is 17.8 Å². The number of cyclic esters (lactones) is 1. The Morgan fingerprint density at radius 3 is 2.71 bits per heavy atom. The average molecular weight is 291 g/mol. The summed E-state index contributed by atoms with van der Waals surface area (Å²) >= 11 is 0. The highest BCUT2D eigenvalue weighted by Crippen LogP contribution is 2.18. The summed E-state index contributed by atoms with van der Waals surface area (Å²) in [7, 11) is 0. The number of hydrogen-bond donors (Lipinski definition) is 0. The smallest absolute Gasteiger partial charge is 0.413 e. The van der Waals surface area contributed by atoms with Crippen LogP contribution in [-0.4, -0.2) is 35.5 Å². The lowest BCUT2D eigenvalue weighted by Crippen LogP contribution is -2.38. The van der Waals surface area contributed by atoms with Gasteiger partial charge in [-0.1, -0.05) is 30.3 Å². The van der Waals surface area contributed by atoms with E-state index in [1.807, 2.05) is 30.3 Å². The van der Waals surface area contributed by atoms with Crippen molar-refractivity contribution in [1.29, 1.82) is 0 Å². The van der Waals surface area contributed by atoms with Gasteiger partial charge in [-0.05, 0) is 18.9 Å². The van der Waals surface area contributed by atoms with E-state index in [0.29, 0.717) is 0 Å². The van der Waals surface area contributed by atoms with E-state index in [1.165, 1.54) is 11.8 Å². The van der Waals surface area contributed by atoms with Crippen LogP contribution in [-0.2, 0) is 25.7 Å². The van der Waals surface area contributed by atoms with Crippen molar-refractivity contribution in [2.45, 2.75) is 32.4 Å². The van der Waals surface area contributed by atoms with Crippen molar-refractivity contribution in [3.8, 4) is 0 Å². The van der Waals surface area contributed by atoms with Crippen molar-refractivity contribution < 1.29 is 23.9 Å². The van der Waals surface area contributed by atoms with Gasteiger partial charge in [-0.25, -0.2) is 9.59 Å². The fourth-order valence-corrected chi connectivity index (χ4v) is 2.04. The van der Waals surface area contributed by atoms with Crippen LogP contribution in [0.15, 0.2) is 30.3 Å². The van der Waals surface area contributed by atoms with Crippen LogP contribution in [0.1, 0.15) is 25.3 Å². The Kier molecular flexibility index (Phi) is 4.92. The molecule has 6 nitrogen and oxygen atoms in total. The minimum atomic E-state index is -0.739. The maximum Gasteiger partial charge on any atom is 0.413 e. The van der Waals surface area contributed by atoms with E-state index in [2.05, 4.69) is 0 Å². The second-order valence-corrected chi connectivity index (χ2v) is 4.86. The number of carbonyl (C=O) groups excluding carboxylic acids is 3. The molecule has 6 heteroatoms. The normalized spacial score (nSPS) is 17.5. The minimum absolute atomic E-state index is 0.0349. The van der Waals surface area contributed by atoms with Crippen molar-refractivity contribution in [2.75, 3.05) is 6.73 Å². The van der Waals surface area contributed by atoms with Gasteiger partial charge >= 0.3 is 12.1 Å². The Hall–Kier alpha value is -2.37. The summed E-state index contributed by atoms with van der Waals surface area (Å²) in [5.41, 5.74) is 0.859. The number of ether oxygens (including phenoxy) is 2. The first kappa shape index (κ1) is 15.0. The molecule has 1 amide bonds. The summed E-state index contributed by atoms with van der Waals surface area (Å²) in [5.74, 6) is -0.528. The van der Waals surface area contributed by atoms with Gasteiger partial charge in [-0.15, -0.1) is 0 Å². The van der Waals surface area contributed by atoms with E-state index < -0.39 is 18.1 Å². The molecular formula is C15H17NO5. The molecule has 0 bridgehead atoms. The van der Waals surface area contributed by atoms with Crippen LogP contribution in [0.2, 0.25) is 0 Å². The molecule has 1 aromatic carbocycles. The number of ketones is 1. The topological polar surface area (TPSA) is 72.9 Å². The predicted octanol–water partition coefficient (Wildman–Crippen LogP) is 1.88. The molecule has 0 radical (unpaired) electrons. The lowest BCUT2D eigenvalue weighted by atomic mass is 10.1. The van der Waals surface area contributed by atoms with Crippen molar-refractivity contribution in [1.82, 2.24) is 4.90 Å². The molecule has 1 aliphatic heterocycles. The molecule has 0 spiro atoms. The highest BCUT2D eigenvalue weighted by Gasteiger charge is 2.38. The van der Waals surface area contributed by atoms with E-state index in [1.54, 1.807) is 0 Å². The van der Waals surface area contributed by atoms with Gasteiger partial charge in [0.05, 0.1) is 0 Å². The van der Waals surface area contributed by atoms with Gasteiger partial charge in [0.2, 0.25) is 0 Å². The predicted molar refractivity (Wildman–Crippen MR) is 73.1 cm³/mol. The molecule has 1 saturated heterocycles. The second-order valence-electron chi connectivity index (χ2n) is 4.86. The monoisotopic (exact) mass is 291 g/mol. The second kappa shape index (κ2) is 6.88. The molecule has 0 unspecified atom stereocenters. The van der Waals surface area contributed by atoms with E-state index in [4.69, 9.17) is 9.47 Å². The molecule has 1 aromatic rings. The number of benzene rings is 1. The maximum absolute atomic E-state index is 12.0. The Balaban J connectivity index is 1.91. The summed E-state index contributed by atoms with van der Waals surface area (Å²) < 4.78 is 10.0. The van der Waals surface area contributed by atoms with Gasteiger partial charge in [-0.3, -0.25) is 4.90 Å². The molecule has 1 heterocycles. The van der Waals surface area contributed by atoms with Gasteiger partial charge < -0.3 is 14.3 Å². The number of nitrogens with zero attached hydrogens (tertiary/aromatic N) is 1. The lowest BCUT2D eigenvalue weighted by molar-refractivity contribution is -0.139. The molecule has 1 aliphatic rings. The van der Waals surface area contributed by atoms with Crippen molar-refractivity contribution in [3.63, 3.8) is 0 Å². The molecule has 0 N–H and O–H groups in total. The van der Waals surface area contributed by atoms with Gasteiger partial charge in [0.15, 0.2) is 6.73 Å². The number of rotatable bonds is 5. The first-order chi connectivity index (χ1) is 10.1. The number of esters is 1. The largest absolute Gasteiger partial charge is 0.444 e. The van der Waals surface area contributed by atoms with Crippen LogP contribution in [0, 0.1) is 0 Å². The molecule has 112 valence electrons. The van der Waals surface area contributed by atoms with Crippen LogP contribution in [0.25, 0.3) is 0 Å². The SMILES string of the molecule is CC(=O)CC[C@H]1C(=O)OCN1C(=O)OCc1ccccc1. The van der Waals surface area contributed by atoms with Crippen LogP contribution < -0.4 is 0 Å². The number of Topliss-reactive ketones (excluding diaryl/α,β-unsaturated/α-hetero) is 1. The third-order valence-electron chi connectivity index (χ3n) is 3.20. The van der Waals surface area contributed by atoms with E-state index in [9.17, 15) is 14.4 Å². The van der Waals surface area contributed by atoms with Gasteiger partial charge in [0.1, 0.15) is 18.4 Å². The summed E-state index contributed by atoms with van der Waals surface area (Å²) in [4.78, 5) is 35.8. The van der Waals surface area contributed by atoms with Gasteiger partial charge in [-0.2, -0.15) is 0 Å². The summed E-state index contributed by atoms with van der Waals surface area (Å²) in [6.45, 7) is 1.44. The Morgan fingerprint density at radius 1 is 1.33 bits per heavy atom. The zero-order valence-corrected chi connectivity index (χ0v) is 11.8. The van der Waals surface area contributed by atoms with Gasteiger partial charge in [0.25, 0.3) is 0 Å². The molecule has 0 aliphatic carbocycles. The Bertz CT molecular complexity index is 528. The lowest BCUT2D eigenvalue weighted by Gasteiger charge is -2.19. The minimum Gasteiger partial charge on any atom is -0.444 e. The standard InChI is InChI=1S/C15H17NO5/c1-11(17)7-8-13-14(18)21-10-16(13)15(19)20-9-12-5-3-2-4-6-12/h2-6,13H,7-10H2,1H3/t13-/m0/s1. The highest BCUT2D eigenvalue weighted by atomic mass is 16.6. The van der Waals surface area contributed by atoms with E-state index >= 15 is 0 Å². The summed E-state index contributed by atoms with van der Waals surface area (Å²) in [6, 6.07) is 8.51. The molecule has 0 aromatic heterocycles. The first-order valence-corrected chi connectivity index (χ1v) is 6.71. The Morgan fingerprint density at radius 2 is 2.05 bits per heavy atom. The summed E-state index contributed by atoms with van der Waals surface area (Å²) in [5, 5.41) is 0. The zero-order chi connectivity index (χ0) is 15.2. The molecule has 0 saturated carbocycles. The van der Waals surface area contributed by atoms with E-state index in [-0.39, 0.29) is 32.0 Å². The van der Waals surface area contributed by atoms with Crippen LogP contribution in [0.5, 0.6) is 0 Å². The third kappa shape index (κ3) is 4.05. The fourth-order valence-electron chi connectivity index (χ4n) is 2.04. The average Bonchev–Trinajstić information content (AvgIpc) is 2.85. The summed E-state index contributed by atoms with van der Waals surface area (Å²) in [6.07, 6.45) is -0.130. The zero-order valence-electron chi connectivity index (χ0n) is 11.8. The third-order valence-corrected chi connectivity index (χ3v) is 3.20. The van der Waals surface area contributed by atoms with Gasteiger partial charge in [0, 0.05) is 6.42 Å². The maximum atomic E-state index is 12.0.